The first-order valence-electron chi connectivity index (χ1n) is 10.6. The average Bonchev–Trinajstić information content (AvgIpc) is 3.18. The van der Waals surface area contributed by atoms with Crippen LogP contribution in [0.5, 0.6) is 0 Å². The summed E-state index contributed by atoms with van der Waals surface area (Å²) in [5.74, 6) is -0.295. The molecule has 8 heteroatoms. The first-order valence-corrected chi connectivity index (χ1v) is 11.0. The molecule has 32 heavy (non-hydrogen) atoms. The molecule has 1 amide bonds. The van der Waals surface area contributed by atoms with Gasteiger partial charge in [-0.25, -0.2) is 19.2 Å². The van der Waals surface area contributed by atoms with Crippen LogP contribution in [0, 0.1) is 5.82 Å². The van der Waals surface area contributed by atoms with Crippen molar-refractivity contribution in [2.75, 3.05) is 13.1 Å². The fraction of sp³-hybridized carbons (Fsp3) is 0.375. The van der Waals surface area contributed by atoms with Crippen LogP contribution in [-0.2, 0) is 4.74 Å². The summed E-state index contributed by atoms with van der Waals surface area (Å²) in [6, 6.07) is 10.1. The number of aromatic nitrogens is 3. The van der Waals surface area contributed by atoms with Crippen molar-refractivity contribution in [2.45, 2.75) is 45.3 Å². The Balaban J connectivity index is 1.64. The van der Waals surface area contributed by atoms with E-state index in [1.807, 2.05) is 33.2 Å². The lowest BCUT2D eigenvalue weighted by Crippen LogP contribution is -2.42. The Morgan fingerprint density at radius 1 is 1.09 bits per heavy atom. The number of nitrogens with zero attached hydrogens (tertiary/aromatic N) is 4. The number of piperidine rings is 1. The SMILES string of the molecule is CC(C)(C)OC(=O)N1CCC(n2cnc(-c3ccc(F)cc3)c2-c2ccnc(Cl)c2)CC1. The van der Waals surface area contributed by atoms with Crippen LogP contribution in [0.3, 0.4) is 0 Å². The number of carbonyl (C=O) groups excluding carboxylic acids is 1. The monoisotopic (exact) mass is 456 g/mol. The minimum absolute atomic E-state index is 0.150. The first kappa shape index (κ1) is 22.3. The summed E-state index contributed by atoms with van der Waals surface area (Å²) in [5, 5.41) is 0.389. The maximum atomic E-state index is 13.5. The van der Waals surface area contributed by atoms with Crippen LogP contribution < -0.4 is 0 Å². The molecule has 6 nitrogen and oxygen atoms in total. The number of halogens is 2. The number of rotatable bonds is 3. The number of hydrogen-bond acceptors (Lipinski definition) is 4. The van der Waals surface area contributed by atoms with Gasteiger partial charge in [0.25, 0.3) is 0 Å². The van der Waals surface area contributed by atoms with Crippen LogP contribution in [0.1, 0.15) is 39.7 Å². The number of benzene rings is 1. The van der Waals surface area contributed by atoms with E-state index < -0.39 is 5.60 Å². The molecule has 0 atom stereocenters. The Morgan fingerprint density at radius 2 is 1.78 bits per heavy atom. The number of ether oxygens (including phenoxy) is 1. The second-order valence-corrected chi connectivity index (χ2v) is 9.31. The summed E-state index contributed by atoms with van der Waals surface area (Å²) in [6.07, 6.45) is 4.73. The van der Waals surface area contributed by atoms with Gasteiger partial charge in [0.05, 0.1) is 17.7 Å². The molecule has 3 aromatic rings. The van der Waals surface area contributed by atoms with E-state index in [-0.39, 0.29) is 18.0 Å². The summed E-state index contributed by atoms with van der Waals surface area (Å²) in [6.45, 7) is 6.80. The van der Waals surface area contributed by atoms with Gasteiger partial charge < -0.3 is 14.2 Å². The van der Waals surface area contributed by atoms with Crippen molar-refractivity contribution in [3.63, 3.8) is 0 Å². The lowest BCUT2D eigenvalue weighted by atomic mass is 10.0. The molecule has 168 valence electrons. The Kier molecular flexibility index (Phi) is 6.20. The lowest BCUT2D eigenvalue weighted by Gasteiger charge is -2.34. The second-order valence-electron chi connectivity index (χ2n) is 8.92. The summed E-state index contributed by atoms with van der Waals surface area (Å²) in [4.78, 5) is 22.9. The van der Waals surface area contributed by atoms with Crippen LogP contribution >= 0.6 is 11.6 Å². The first-order chi connectivity index (χ1) is 15.2. The number of amides is 1. The second kappa shape index (κ2) is 8.90. The molecule has 1 aliphatic heterocycles. The molecule has 0 N–H and O–H groups in total. The Hall–Kier alpha value is -2.93. The van der Waals surface area contributed by atoms with E-state index in [1.165, 1.54) is 12.1 Å². The quantitative estimate of drug-likeness (QED) is 0.455. The van der Waals surface area contributed by atoms with Gasteiger partial charge in [-0.15, -0.1) is 0 Å². The molecule has 1 fully saturated rings. The molecule has 0 spiro atoms. The Labute approximate surface area is 192 Å². The predicted octanol–water partition coefficient (Wildman–Crippen LogP) is 5.98. The summed E-state index contributed by atoms with van der Waals surface area (Å²) in [7, 11) is 0. The molecule has 0 saturated carbocycles. The van der Waals surface area contributed by atoms with E-state index in [9.17, 15) is 9.18 Å². The maximum Gasteiger partial charge on any atom is 0.410 e. The zero-order valence-corrected chi connectivity index (χ0v) is 19.1. The van der Waals surface area contributed by atoms with Gasteiger partial charge in [0.1, 0.15) is 16.6 Å². The van der Waals surface area contributed by atoms with Crippen molar-refractivity contribution in [3.05, 3.63) is 59.9 Å². The van der Waals surface area contributed by atoms with Crippen molar-refractivity contribution in [3.8, 4) is 22.5 Å². The minimum atomic E-state index is -0.518. The van der Waals surface area contributed by atoms with Crippen molar-refractivity contribution in [1.82, 2.24) is 19.4 Å². The molecule has 3 heterocycles. The third-order valence-corrected chi connectivity index (χ3v) is 5.63. The van der Waals surface area contributed by atoms with E-state index in [4.69, 9.17) is 16.3 Å². The van der Waals surface area contributed by atoms with Crippen molar-refractivity contribution < 1.29 is 13.9 Å². The summed E-state index contributed by atoms with van der Waals surface area (Å²) < 4.78 is 21.1. The van der Waals surface area contributed by atoms with Gasteiger partial charge in [0.2, 0.25) is 0 Å². The number of carbonyl (C=O) groups is 1. The molecule has 1 saturated heterocycles. The summed E-state index contributed by atoms with van der Waals surface area (Å²) >= 11 is 6.18. The van der Waals surface area contributed by atoms with E-state index in [0.29, 0.717) is 18.2 Å². The molecule has 4 rings (SSSR count). The number of imidazole rings is 1. The highest BCUT2D eigenvalue weighted by molar-refractivity contribution is 6.29. The van der Waals surface area contributed by atoms with Crippen LogP contribution in [0.2, 0.25) is 5.15 Å². The zero-order chi connectivity index (χ0) is 22.9. The highest BCUT2D eigenvalue weighted by Gasteiger charge is 2.29. The van der Waals surface area contributed by atoms with E-state index in [0.717, 1.165) is 35.4 Å². The van der Waals surface area contributed by atoms with Crippen molar-refractivity contribution in [2.24, 2.45) is 0 Å². The molecular weight excluding hydrogens is 431 g/mol. The number of pyridine rings is 1. The zero-order valence-electron chi connectivity index (χ0n) is 18.4. The Bertz CT molecular complexity index is 1100. The molecule has 0 radical (unpaired) electrons. The minimum Gasteiger partial charge on any atom is -0.444 e. The maximum absolute atomic E-state index is 13.5. The lowest BCUT2D eigenvalue weighted by molar-refractivity contribution is 0.0189. The third-order valence-electron chi connectivity index (χ3n) is 5.42. The van der Waals surface area contributed by atoms with Crippen LogP contribution in [-0.4, -0.2) is 44.2 Å². The largest absolute Gasteiger partial charge is 0.444 e. The highest BCUT2D eigenvalue weighted by Crippen LogP contribution is 2.36. The van der Waals surface area contributed by atoms with Gasteiger partial charge >= 0.3 is 6.09 Å². The molecule has 0 aliphatic carbocycles. The van der Waals surface area contributed by atoms with Gasteiger partial charge in [-0.05, 0) is 70.0 Å². The third kappa shape index (κ3) is 4.93. The normalized spacial score (nSPS) is 15.1. The molecule has 2 aromatic heterocycles. The summed E-state index contributed by atoms with van der Waals surface area (Å²) in [5.41, 5.74) is 2.84. The molecular formula is C24H26ClFN4O2. The fourth-order valence-electron chi connectivity index (χ4n) is 3.95. The number of hydrogen-bond donors (Lipinski definition) is 0. The van der Waals surface area contributed by atoms with E-state index in [1.54, 1.807) is 29.3 Å². The van der Waals surface area contributed by atoms with Gasteiger partial charge in [-0.1, -0.05) is 11.6 Å². The topological polar surface area (TPSA) is 60.2 Å². The fourth-order valence-corrected chi connectivity index (χ4v) is 4.12. The van der Waals surface area contributed by atoms with Gasteiger partial charge in [0, 0.05) is 36.5 Å². The molecule has 0 bridgehead atoms. The predicted molar refractivity (Wildman–Crippen MR) is 122 cm³/mol. The standard InChI is InChI=1S/C24H26ClFN4O2/c1-24(2,3)32-23(31)29-12-9-19(10-13-29)30-15-28-21(16-4-6-18(26)7-5-16)22(30)17-8-11-27-20(25)14-17/h4-8,11,14-15,19H,9-10,12-13H2,1-3H3. The van der Waals surface area contributed by atoms with Gasteiger partial charge in [-0.3, -0.25) is 0 Å². The van der Waals surface area contributed by atoms with Crippen LogP contribution in [0.4, 0.5) is 9.18 Å². The molecule has 1 aliphatic rings. The van der Waals surface area contributed by atoms with Crippen molar-refractivity contribution in [1.29, 1.82) is 0 Å². The molecule has 1 aromatic carbocycles. The van der Waals surface area contributed by atoms with E-state index >= 15 is 0 Å². The molecule has 0 unspecified atom stereocenters. The van der Waals surface area contributed by atoms with Crippen LogP contribution in [0.25, 0.3) is 22.5 Å². The van der Waals surface area contributed by atoms with Gasteiger partial charge in [0.15, 0.2) is 0 Å². The van der Waals surface area contributed by atoms with Gasteiger partial charge in [-0.2, -0.15) is 0 Å². The Morgan fingerprint density at radius 3 is 2.41 bits per heavy atom. The smallest absolute Gasteiger partial charge is 0.410 e. The van der Waals surface area contributed by atoms with Crippen molar-refractivity contribution >= 4 is 17.7 Å². The van der Waals surface area contributed by atoms with E-state index in [2.05, 4.69) is 14.5 Å². The average molecular weight is 457 g/mol. The van der Waals surface area contributed by atoms with Crippen LogP contribution in [0.15, 0.2) is 48.9 Å². The highest BCUT2D eigenvalue weighted by atomic mass is 35.5. The number of likely N-dealkylation sites (tertiary alicyclic amines) is 1.